The van der Waals surface area contributed by atoms with E-state index >= 15 is 0 Å². The minimum absolute atomic E-state index is 0.152. The van der Waals surface area contributed by atoms with Crippen molar-refractivity contribution in [2.45, 2.75) is 51.3 Å². The van der Waals surface area contributed by atoms with Gasteiger partial charge in [0, 0.05) is 12.5 Å². The molecule has 0 aliphatic rings. The molecular weight excluding hydrogens is 170 g/mol. The molecule has 0 aromatic heterocycles. The molecule has 2 nitrogen and oxygen atoms in total. The van der Waals surface area contributed by atoms with Gasteiger partial charge in [-0.1, -0.05) is 6.92 Å². The summed E-state index contributed by atoms with van der Waals surface area (Å²) in [5, 5.41) is 3.25. The van der Waals surface area contributed by atoms with E-state index in [-0.39, 0.29) is 11.9 Å². The molecule has 1 N–H and O–H groups in total. The van der Waals surface area contributed by atoms with E-state index in [4.69, 9.17) is 0 Å². The van der Waals surface area contributed by atoms with Gasteiger partial charge < -0.3 is 5.32 Å². The van der Waals surface area contributed by atoms with E-state index in [0.717, 1.165) is 12.8 Å². The second-order valence-corrected chi connectivity index (χ2v) is 4.35. The van der Waals surface area contributed by atoms with Gasteiger partial charge in [0.2, 0.25) is 5.91 Å². The van der Waals surface area contributed by atoms with Crippen LogP contribution in [-0.4, -0.2) is 17.2 Å². The summed E-state index contributed by atoms with van der Waals surface area (Å²) < 4.78 is 0. The van der Waals surface area contributed by atoms with Crippen LogP contribution < -0.4 is 5.32 Å². The number of carbonyl (C=O) groups excluding carboxylic acids is 1. The number of amides is 1. The van der Waals surface area contributed by atoms with E-state index in [1.807, 2.05) is 20.8 Å². The first-order valence-corrected chi connectivity index (χ1v) is 5.01. The van der Waals surface area contributed by atoms with Crippen LogP contribution in [0.5, 0.6) is 0 Å². The van der Waals surface area contributed by atoms with Gasteiger partial charge in [0.1, 0.15) is 0 Å². The second-order valence-electron chi connectivity index (χ2n) is 3.46. The molecule has 1 amide bonds. The molecule has 0 rings (SSSR count). The first-order chi connectivity index (χ1) is 5.52. The van der Waals surface area contributed by atoms with Gasteiger partial charge in [0.15, 0.2) is 0 Å². The minimum Gasteiger partial charge on any atom is -0.354 e. The van der Waals surface area contributed by atoms with Crippen molar-refractivity contribution in [3.8, 4) is 0 Å². The lowest BCUT2D eigenvalue weighted by Crippen LogP contribution is -2.29. The molecule has 1 unspecified atom stereocenters. The SMILES string of the molecule is CC(S)CCCC(=O)NC(C)C. The summed E-state index contributed by atoms with van der Waals surface area (Å²) >= 11 is 4.24. The molecule has 0 spiro atoms. The molecule has 0 aromatic carbocycles. The Bertz CT molecular complexity index is 134. The van der Waals surface area contributed by atoms with E-state index in [1.165, 1.54) is 0 Å². The zero-order chi connectivity index (χ0) is 9.56. The summed E-state index contributed by atoms with van der Waals surface area (Å²) in [6.07, 6.45) is 2.57. The number of carbonyl (C=O) groups is 1. The quantitative estimate of drug-likeness (QED) is 0.636. The molecule has 72 valence electrons. The Hall–Kier alpha value is -0.180. The van der Waals surface area contributed by atoms with Crippen LogP contribution in [0.2, 0.25) is 0 Å². The monoisotopic (exact) mass is 189 g/mol. The van der Waals surface area contributed by atoms with E-state index in [2.05, 4.69) is 17.9 Å². The topological polar surface area (TPSA) is 29.1 Å². The van der Waals surface area contributed by atoms with E-state index in [9.17, 15) is 4.79 Å². The number of hydrogen-bond donors (Lipinski definition) is 2. The van der Waals surface area contributed by atoms with Crippen molar-refractivity contribution in [1.82, 2.24) is 5.32 Å². The van der Waals surface area contributed by atoms with Crippen LogP contribution in [0, 0.1) is 0 Å². The van der Waals surface area contributed by atoms with Crippen molar-refractivity contribution in [3.63, 3.8) is 0 Å². The zero-order valence-corrected chi connectivity index (χ0v) is 9.03. The Labute approximate surface area is 80.5 Å². The van der Waals surface area contributed by atoms with Gasteiger partial charge in [-0.2, -0.15) is 12.6 Å². The maximum atomic E-state index is 11.1. The lowest BCUT2D eigenvalue weighted by Gasteiger charge is -2.08. The number of thiol groups is 1. The van der Waals surface area contributed by atoms with Gasteiger partial charge in [-0.15, -0.1) is 0 Å². The van der Waals surface area contributed by atoms with Crippen LogP contribution in [0.15, 0.2) is 0 Å². The van der Waals surface area contributed by atoms with Crippen LogP contribution >= 0.6 is 12.6 Å². The normalized spacial score (nSPS) is 13.1. The number of nitrogens with one attached hydrogen (secondary N) is 1. The van der Waals surface area contributed by atoms with E-state index < -0.39 is 0 Å². The van der Waals surface area contributed by atoms with E-state index in [0.29, 0.717) is 11.7 Å². The standard InChI is InChI=1S/C9H19NOS/c1-7(2)10-9(11)6-4-5-8(3)12/h7-8,12H,4-6H2,1-3H3,(H,10,11). The van der Waals surface area contributed by atoms with Gasteiger partial charge in [-0.3, -0.25) is 4.79 Å². The van der Waals surface area contributed by atoms with Gasteiger partial charge in [-0.05, 0) is 31.9 Å². The maximum absolute atomic E-state index is 11.1. The zero-order valence-electron chi connectivity index (χ0n) is 8.13. The molecule has 3 heteroatoms. The Morgan fingerprint density at radius 2 is 2.00 bits per heavy atom. The largest absolute Gasteiger partial charge is 0.354 e. The summed E-state index contributed by atoms with van der Waals surface area (Å²) in [6, 6.07) is 0.255. The summed E-state index contributed by atoms with van der Waals surface area (Å²) in [5.41, 5.74) is 0. The number of rotatable bonds is 5. The molecule has 0 aliphatic carbocycles. The molecule has 0 heterocycles. The smallest absolute Gasteiger partial charge is 0.220 e. The van der Waals surface area contributed by atoms with Crippen molar-refractivity contribution in [2.75, 3.05) is 0 Å². The van der Waals surface area contributed by atoms with E-state index in [1.54, 1.807) is 0 Å². The van der Waals surface area contributed by atoms with Crippen molar-refractivity contribution in [2.24, 2.45) is 0 Å². The molecule has 0 aliphatic heterocycles. The van der Waals surface area contributed by atoms with Crippen molar-refractivity contribution in [1.29, 1.82) is 0 Å². The molecule has 12 heavy (non-hydrogen) atoms. The summed E-state index contributed by atoms with van der Waals surface area (Å²) in [5.74, 6) is 0.152. The van der Waals surface area contributed by atoms with Gasteiger partial charge in [0.05, 0.1) is 0 Å². The van der Waals surface area contributed by atoms with Crippen LogP contribution in [0.4, 0.5) is 0 Å². The Morgan fingerprint density at radius 3 is 2.42 bits per heavy atom. The highest BCUT2D eigenvalue weighted by Crippen LogP contribution is 2.05. The predicted molar refractivity (Wildman–Crippen MR) is 55.6 cm³/mol. The fourth-order valence-corrected chi connectivity index (χ4v) is 1.13. The molecular formula is C9H19NOS. The lowest BCUT2D eigenvalue weighted by molar-refractivity contribution is -0.121. The number of hydrogen-bond acceptors (Lipinski definition) is 2. The second kappa shape index (κ2) is 6.35. The highest BCUT2D eigenvalue weighted by Gasteiger charge is 2.03. The fourth-order valence-electron chi connectivity index (χ4n) is 0.952. The van der Waals surface area contributed by atoms with Crippen LogP contribution in [0.3, 0.4) is 0 Å². The molecule has 0 saturated heterocycles. The van der Waals surface area contributed by atoms with Gasteiger partial charge in [-0.25, -0.2) is 0 Å². The molecule has 0 fully saturated rings. The third-order valence-corrected chi connectivity index (χ3v) is 1.73. The Balaban J connectivity index is 3.32. The van der Waals surface area contributed by atoms with Crippen LogP contribution in [-0.2, 0) is 4.79 Å². The first-order valence-electron chi connectivity index (χ1n) is 4.49. The van der Waals surface area contributed by atoms with Crippen molar-refractivity contribution in [3.05, 3.63) is 0 Å². The Morgan fingerprint density at radius 1 is 1.42 bits per heavy atom. The van der Waals surface area contributed by atoms with Crippen LogP contribution in [0.1, 0.15) is 40.0 Å². The summed E-state index contributed by atoms with van der Waals surface area (Å²) in [4.78, 5) is 11.1. The molecule has 0 saturated carbocycles. The van der Waals surface area contributed by atoms with Crippen molar-refractivity contribution >= 4 is 18.5 Å². The highest BCUT2D eigenvalue weighted by molar-refractivity contribution is 7.80. The third kappa shape index (κ3) is 7.92. The third-order valence-electron chi connectivity index (χ3n) is 1.48. The minimum atomic E-state index is 0.152. The first kappa shape index (κ1) is 11.8. The average Bonchev–Trinajstić information content (AvgIpc) is 1.84. The molecule has 0 radical (unpaired) electrons. The van der Waals surface area contributed by atoms with Gasteiger partial charge in [0.25, 0.3) is 0 Å². The molecule has 0 bridgehead atoms. The highest BCUT2D eigenvalue weighted by atomic mass is 32.1. The lowest BCUT2D eigenvalue weighted by atomic mass is 10.2. The van der Waals surface area contributed by atoms with Crippen molar-refractivity contribution < 1.29 is 4.79 Å². The Kier molecular flexibility index (Phi) is 6.25. The van der Waals surface area contributed by atoms with Crippen LogP contribution in [0.25, 0.3) is 0 Å². The molecule has 1 atom stereocenters. The van der Waals surface area contributed by atoms with Gasteiger partial charge >= 0.3 is 0 Å². The summed E-state index contributed by atoms with van der Waals surface area (Å²) in [7, 11) is 0. The maximum Gasteiger partial charge on any atom is 0.220 e. The molecule has 0 aromatic rings. The summed E-state index contributed by atoms with van der Waals surface area (Å²) in [6.45, 7) is 5.99. The average molecular weight is 189 g/mol. The predicted octanol–water partition coefficient (Wildman–Crippen LogP) is 2.00. The fraction of sp³-hybridized carbons (Fsp3) is 0.889.